The maximum atomic E-state index is 4.80. The molecule has 0 aliphatic heterocycles. The van der Waals surface area contributed by atoms with E-state index in [9.17, 15) is 0 Å². The summed E-state index contributed by atoms with van der Waals surface area (Å²) in [4.78, 5) is 6.12. The van der Waals surface area contributed by atoms with Crippen molar-refractivity contribution in [3.05, 3.63) is 50.0 Å². The molecule has 0 bridgehead atoms. The highest BCUT2D eigenvalue weighted by molar-refractivity contribution is 7.11. The van der Waals surface area contributed by atoms with E-state index < -0.39 is 0 Å². The molecule has 3 heteroatoms. The number of aryl methyl sites for hydroxylation is 5. The molecule has 1 heterocycles. The molecule has 1 unspecified atom stereocenters. The van der Waals surface area contributed by atoms with E-state index in [0.717, 1.165) is 18.7 Å². The topological polar surface area (TPSA) is 24.9 Å². The van der Waals surface area contributed by atoms with Gasteiger partial charge in [-0.05, 0) is 64.3 Å². The van der Waals surface area contributed by atoms with Gasteiger partial charge in [-0.1, -0.05) is 24.6 Å². The van der Waals surface area contributed by atoms with Crippen molar-refractivity contribution in [2.24, 2.45) is 0 Å². The van der Waals surface area contributed by atoms with Crippen LogP contribution in [-0.4, -0.2) is 11.5 Å². The maximum Gasteiger partial charge on any atom is 0.115 e. The minimum atomic E-state index is 0.211. The van der Waals surface area contributed by atoms with E-state index in [1.54, 1.807) is 0 Å². The lowest BCUT2D eigenvalue weighted by atomic mass is 9.94. The molecular weight excluding hydrogens is 276 g/mol. The molecule has 0 amide bonds. The van der Waals surface area contributed by atoms with Gasteiger partial charge in [0.2, 0.25) is 0 Å². The molecule has 1 aromatic heterocycles. The third kappa shape index (κ3) is 3.53. The molecule has 21 heavy (non-hydrogen) atoms. The zero-order valence-corrected chi connectivity index (χ0v) is 14.8. The average Bonchev–Trinajstić information content (AvgIpc) is 2.72. The third-order valence-electron chi connectivity index (χ3n) is 3.92. The van der Waals surface area contributed by atoms with Gasteiger partial charge in [0.25, 0.3) is 0 Å². The first kappa shape index (κ1) is 16.2. The van der Waals surface area contributed by atoms with Gasteiger partial charge in [-0.3, -0.25) is 0 Å². The summed E-state index contributed by atoms with van der Waals surface area (Å²) in [5.41, 5.74) is 6.58. The Morgan fingerprint density at radius 3 is 2.19 bits per heavy atom. The number of nitrogens with zero attached hydrogens (tertiary/aromatic N) is 1. The van der Waals surface area contributed by atoms with E-state index >= 15 is 0 Å². The predicted octanol–water partition coefficient (Wildman–Crippen LogP) is 4.77. The fourth-order valence-electron chi connectivity index (χ4n) is 2.87. The smallest absolute Gasteiger partial charge is 0.115 e. The van der Waals surface area contributed by atoms with Crippen molar-refractivity contribution in [2.45, 2.75) is 54.0 Å². The van der Waals surface area contributed by atoms with E-state index in [0.29, 0.717) is 0 Å². The first-order chi connectivity index (χ1) is 9.93. The normalized spacial score (nSPS) is 12.7. The van der Waals surface area contributed by atoms with Gasteiger partial charge < -0.3 is 5.32 Å². The summed E-state index contributed by atoms with van der Waals surface area (Å²) in [7, 11) is 0. The molecule has 0 radical (unpaired) electrons. The summed E-state index contributed by atoms with van der Waals surface area (Å²) >= 11 is 1.82. The lowest BCUT2D eigenvalue weighted by Crippen LogP contribution is -2.24. The highest BCUT2D eigenvalue weighted by Crippen LogP contribution is 2.32. The Morgan fingerprint density at radius 1 is 1.10 bits per heavy atom. The highest BCUT2D eigenvalue weighted by atomic mass is 32.1. The first-order valence-electron chi connectivity index (χ1n) is 7.69. The molecule has 1 atom stereocenters. The number of hydrogen-bond acceptors (Lipinski definition) is 3. The second-order valence-electron chi connectivity index (χ2n) is 5.89. The number of rotatable bonds is 5. The highest BCUT2D eigenvalue weighted by Gasteiger charge is 2.21. The molecule has 0 saturated carbocycles. The molecule has 0 aliphatic carbocycles. The zero-order valence-electron chi connectivity index (χ0n) is 14.0. The summed E-state index contributed by atoms with van der Waals surface area (Å²) in [5.74, 6) is 0. The van der Waals surface area contributed by atoms with Crippen LogP contribution in [0.4, 0.5) is 0 Å². The summed E-state index contributed by atoms with van der Waals surface area (Å²) < 4.78 is 0. The van der Waals surface area contributed by atoms with Crippen molar-refractivity contribution >= 4 is 11.3 Å². The van der Waals surface area contributed by atoms with Gasteiger partial charge in [-0.15, -0.1) is 11.3 Å². The van der Waals surface area contributed by atoms with Gasteiger partial charge in [0, 0.05) is 4.88 Å². The number of thiazole rings is 1. The molecule has 2 rings (SSSR count). The van der Waals surface area contributed by atoms with Gasteiger partial charge >= 0.3 is 0 Å². The van der Waals surface area contributed by atoms with E-state index in [1.807, 2.05) is 11.3 Å². The van der Waals surface area contributed by atoms with Gasteiger partial charge in [-0.25, -0.2) is 4.98 Å². The van der Waals surface area contributed by atoms with Crippen molar-refractivity contribution in [3.63, 3.8) is 0 Å². The average molecular weight is 302 g/mol. The molecular formula is C18H26N2S. The van der Waals surface area contributed by atoms with E-state index in [-0.39, 0.29) is 6.04 Å². The lowest BCUT2D eigenvalue weighted by Gasteiger charge is -2.22. The molecule has 0 aliphatic rings. The third-order valence-corrected chi connectivity index (χ3v) is 5.05. The van der Waals surface area contributed by atoms with Gasteiger partial charge in [0.05, 0.1) is 11.7 Å². The van der Waals surface area contributed by atoms with E-state index in [4.69, 9.17) is 4.98 Å². The molecule has 114 valence electrons. The van der Waals surface area contributed by atoms with Crippen LogP contribution in [0.1, 0.15) is 57.2 Å². The summed E-state index contributed by atoms with van der Waals surface area (Å²) in [6.07, 6.45) is 1.13. The maximum absolute atomic E-state index is 4.80. The molecule has 0 spiro atoms. The monoisotopic (exact) mass is 302 g/mol. The Bertz CT molecular complexity index is 586. The minimum Gasteiger partial charge on any atom is -0.304 e. The van der Waals surface area contributed by atoms with Crippen molar-refractivity contribution < 1.29 is 0 Å². The quantitative estimate of drug-likeness (QED) is 0.860. The van der Waals surface area contributed by atoms with Crippen molar-refractivity contribution in [2.75, 3.05) is 6.54 Å². The Labute approximate surface area is 132 Å². The molecule has 1 aromatic carbocycles. The Kier molecular flexibility index (Phi) is 5.17. The van der Waals surface area contributed by atoms with Crippen LogP contribution in [0.5, 0.6) is 0 Å². The number of hydrogen-bond donors (Lipinski definition) is 1. The van der Waals surface area contributed by atoms with Crippen molar-refractivity contribution in [3.8, 4) is 0 Å². The van der Waals surface area contributed by atoms with Crippen LogP contribution in [0.15, 0.2) is 12.1 Å². The van der Waals surface area contributed by atoms with Crippen molar-refractivity contribution in [1.82, 2.24) is 10.3 Å². The SMILES string of the molecule is CCCNC(c1nc(C)c(C)s1)c1c(C)cc(C)cc1C. The fraction of sp³-hybridized carbons (Fsp3) is 0.500. The predicted molar refractivity (Wildman–Crippen MR) is 92.4 cm³/mol. The van der Waals surface area contributed by atoms with E-state index in [2.05, 4.69) is 59.0 Å². The molecule has 2 nitrogen and oxygen atoms in total. The lowest BCUT2D eigenvalue weighted by molar-refractivity contribution is 0.590. The largest absolute Gasteiger partial charge is 0.304 e. The van der Waals surface area contributed by atoms with Crippen LogP contribution in [0.3, 0.4) is 0 Å². The Morgan fingerprint density at radius 2 is 1.71 bits per heavy atom. The minimum absolute atomic E-state index is 0.211. The van der Waals surface area contributed by atoms with Crippen LogP contribution >= 0.6 is 11.3 Å². The summed E-state index contributed by atoms with van der Waals surface area (Å²) in [6, 6.07) is 4.76. The molecule has 2 aromatic rings. The van der Waals surface area contributed by atoms with Gasteiger partial charge in [-0.2, -0.15) is 0 Å². The second kappa shape index (κ2) is 6.71. The molecule has 1 N–H and O–H groups in total. The van der Waals surface area contributed by atoms with Crippen LogP contribution < -0.4 is 5.32 Å². The van der Waals surface area contributed by atoms with Crippen LogP contribution in [0, 0.1) is 34.6 Å². The van der Waals surface area contributed by atoms with Gasteiger partial charge in [0.1, 0.15) is 5.01 Å². The molecule has 0 saturated heterocycles. The Hall–Kier alpha value is -1.19. The van der Waals surface area contributed by atoms with Crippen LogP contribution in [0.2, 0.25) is 0 Å². The zero-order chi connectivity index (χ0) is 15.6. The number of nitrogens with one attached hydrogen (secondary N) is 1. The van der Waals surface area contributed by atoms with Crippen molar-refractivity contribution in [1.29, 1.82) is 0 Å². The first-order valence-corrected chi connectivity index (χ1v) is 8.50. The number of benzene rings is 1. The van der Waals surface area contributed by atoms with E-state index in [1.165, 1.54) is 32.1 Å². The fourth-order valence-corrected chi connectivity index (χ4v) is 3.88. The summed E-state index contributed by atoms with van der Waals surface area (Å²) in [5, 5.41) is 4.88. The van der Waals surface area contributed by atoms with Gasteiger partial charge in [0.15, 0.2) is 0 Å². The second-order valence-corrected chi connectivity index (χ2v) is 7.13. The van der Waals surface area contributed by atoms with Crippen LogP contribution in [0.25, 0.3) is 0 Å². The standard InChI is InChI=1S/C18H26N2S/c1-7-8-19-17(18-20-14(5)15(6)21-18)16-12(3)9-11(2)10-13(16)4/h9-10,17,19H,7-8H2,1-6H3. The number of aromatic nitrogens is 1. The Balaban J connectivity index is 2.50. The molecule has 0 fully saturated rings. The summed E-state index contributed by atoms with van der Waals surface area (Å²) in [6.45, 7) is 14.1. The van der Waals surface area contributed by atoms with Crippen LogP contribution in [-0.2, 0) is 0 Å².